The lowest BCUT2D eigenvalue weighted by atomic mass is 9.99. The highest BCUT2D eigenvalue weighted by atomic mass is 16.5. The number of benzene rings is 1. The number of nitriles is 1. The molecule has 104 valence electrons. The van der Waals surface area contributed by atoms with Crippen LogP contribution in [-0.2, 0) is 16.1 Å². The summed E-state index contributed by atoms with van der Waals surface area (Å²) < 4.78 is 5.25. The van der Waals surface area contributed by atoms with E-state index < -0.39 is 0 Å². The predicted molar refractivity (Wildman–Crippen MR) is 76.1 cm³/mol. The molecule has 0 N–H and O–H groups in total. The molecule has 0 saturated heterocycles. The minimum atomic E-state index is -0.0995. The second-order valence-electron chi connectivity index (χ2n) is 4.85. The second kappa shape index (κ2) is 10.1. The topological polar surface area (TPSA) is 50.1 Å². The molecule has 0 aliphatic carbocycles. The van der Waals surface area contributed by atoms with Gasteiger partial charge in [-0.1, -0.05) is 51.1 Å². The fourth-order valence-electron chi connectivity index (χ4n) is 1.67. The predicted octanol–water partition coefficient (Wildman–Crippen LogP) is 3.94. The van der Waals surface area contributed by atoms with Gasteiger partial charge in [0.25, 0.3) is 0 Å². The molecule has 3 heteroatoms. The molecular formula is C16H23NO2. The van der Waals surface area contributed by atoms with Crippen molar-refractivity contribution in [3.05, 3.63) is 35.9 Å². The third kappa shape index (κ3) is 8.84. The normalized spacial score (nSPS) is 10.9. The quantitative estimate of drug-likeness (QED) is 0.754. The highest BCUT2D eigenvalue weighted by Gasteiger charge is 2.15. The van der Waals surface area contributed by atoms with E-state index in [1.165, 1.54) is 6.92 Å². The van der Waals surface area contributed by atoms with Gasteiger partial charge in [-0.2, -0.15) is 5.26 Å². The van der Waals surface area contributed by atoms with Gasteiger partial charge in [0.05, 0.1) is 12.0 Å². The van der Waals surface area contributed by atoms with Gasteiger partial charge in [0.2, 0.25) is 0 Å². The van der Waals surface area contributed by atoms with Crippen molar-refractivity contribution in [2.45, 2.75) is 40.7 Å². The molecule has 1 rings (SSSR count). The molecule has 19 heavy (non-hydrogen) atoms. The Balaban J connectivity index is 0.000000982. The van der Waals surface area contributed by atoms with Gasteiger partial charge in [-0.25, -0.2) is 0 Å². The minimum absolute atomic E-state index is 0.0105. The standard InChI is InChI=1S/C14H20O2.C2H3N/c1-11(2)9-12(3)14(15)16-10-13-7-5-4-6-8-13;1-2-3/h4-8,11-12H,9-10H2,1-3H3;1H3/t12-;/m0./s1. The first-order valence-corrected chi connectivity index (χ1v) is 6.52. The Kier molecular flexibility index (Phi) is 9.16. The van der Waals surface area contributed by atoms with Crippen molar-refractivity contribution in [2.75, 3.05) is 0 Å². The third-order valence-electron chi connectivity index (χ3n) is 2.45. The lowest BCUT2D eigenvalue weighted by molar-refractivity contribution is -0.149. The fourth-order valence-corrected chi connectivity index (χ4v) is 1.67. The second-order valence-corrected chi connectivity index (χ2v) is 4.85. The summed E-state index contributed by atoms with van der Waals surface area (Å²) in [6, 6.07) is 11.5. The van der Waals surface area contributed by atoms with Crippen LogP contribution in [0, 0.1) is 23.2 Å². The third-order valence-corrected chi connectivity index (χ3v) is 2.45. The van der Waals surface area contributed by atoms with Crippen molar-refractivity contribution >= 4 is 5.97 Å². The highest BCUT2D eigenvalue weighted by molar-refractivity contribution is 5.71. The van der Waals surface area contributed by atoms with Crippen molar-refractivity contribution in [1.82, 2.24) is 0 Å². The molecular weight excluding hydrogens is 238 g/mol. The van der Waals surface area contributed by atoms with Crippen LogP contribution in [0.15, 0.2) is 30.3 Å². The summed E-state index contributed by atoms with van der Waals surface area (Å²) in [4.78, 5) is 11.6. The van der Waals surface area contributed by atoms with Crippen LogP contribution in [0.2, 0.25) is 0 Å². The number of hydrogen-bond acceptors (Lipinski definition) is 3. The Bertz CT molecular complexity index is 393. The molecule has 1 aromatic carbocycles. The van der Waals surface area contributed by atoms with Crippen LogP contribution in [0.3, 0.4) is 0 Å². The van der Waals surface area contributed by atoms with Crippen molar-refractivity contribution in [3.63, 3.8) is 0 Å². The Morgan fingerprint density at radius 3 is 2.26 bits per heavy atom. The number of nitrogens with zero attached hydrogens (tertiary/aromatic N) is 1. The number of ether oxygens (including phenoxy) is 1. The molecule has 3 nitrogen and oxygen atoms in total. The van der Waals surface area contributed by atoms with E-state index in [9.17, 15) is 4.79 Å². The lowest BCUT2D eigenvalue weighted by Crippen LogP contribution is -2.16. The summed E-state index contributed by atoms with van der Waals surface area (Å²) in [5.74, 6) is 0.417. The van der Waals surface area contributed by atoms with Crippen LogP contribution in [0.1, 0.15) is 39.7 Å². The summed E-state index contributed by atoms with van der Waals surface area (Å²) >= 11 is 0. The van der Waals surface area contributed by atoms with Gasteiger partial charge in [-0.05, 0) is 17.9 Å². The molecule has 0 aromatic heterocycles. The molecule has 0 aliphatic heterocycles. The van der Waals surface area contributed by atoms with Gasteiger partial charge in [0.1, 0.15) is 6.61 Å². The van der Waals surface area contributed by atoms with Gasteiger partial charge in [-0.3, -0.25) is 4.79 Å². The zero-order chi connectivity index (χ0) is 14.7. The molecule has 0 unspecified atom stereocenters. The molecule has 0 bridgehead atoms. The van der Waals surface area contributed by atoms with Crippen LogP contribution in [-0.4, -0.2) is 5.97 Å². The van der Waals surface area contributed by atoms with E-state index in [1.807, 2.05) is 37.3 Å². The number of carbonyl (C=O) groups is 1. The number of carbonyl (C=O) groups excluding carboxylic acids is 1. The Morgan fingerprint density at radius 1 is 1.26 bits per heavy atom. The maximum absolute atomic E-state index is 11.6. The average molecular weight is 261 g/mol. The lowest BCUT2D eigenvalue weighted by Gasteiger charge is -2.13. The van der Waals surface area contributed by atoms with Gasteiger partial charge < -0.3 is 4.74 Å². The maximum atomic E-state index is 11.6. The van der Waals surface area contributed by atoms with Crippen LogP contribution < -0.4 is 0 Å². The Hall–Kier alpha value is -1.82. The van der Waals surface area contributed by atoms with E-state index in [0.717, 1.165) is 12.0 Å². The summed E-state index contributed by atoms with van der Waals surface area (Å²) in [5.41, 5.74) is 1.03. The zero-order valence-corrected chi connectivity index (χ0v) is 12.2. The Morgan fingerprint density at radius 2 is 1.79 bits per heavy atom. The number of rotatable bonds is 5. The van der Waals surface area contributed by atoms with E-state index in [0.29, 0.717) is 12.5 Å². The number of hydrogen-bond donors (Lipinski definition) is 0. The van der Waals surface area contributed by atoms with Crippen molar-refractivity contribution in [2.24, 2.45) is 11.8 Å². The summed E-state index contributed by atoms with van der Waals surface area (Å²) in [7, 11) is 0. The first-order chi connectivity index (χ1) is 9.01. The minimum Gasteiger partial charge on any atom is -0.461 e. The van der Waals surface area contributed by atoms with Crippen LogP contribution in [0.25, 0.3) is 0 Å². The van der Waals surface area contributed by atoms with Crippen LogP contribution in [0.4, 0.5) is 0 Å². The SMILES string of the molecule is CC#N.CC(C)C[C@H](C)C(=O)OCc1ccccc1. The van der Waals surface area contributed by atoms with E-state index in [2.05, 4.69) is 13.8 Å². The average Bonchev–Trinajstić information content (AvgIpc) is 2.37. The van der Waals surface area contributed by atoms with E-state index >= 15 is 0 Å². The largest absolute Gasteiger partial charge is 0.461 e. The smallest absolute Gasteiger partial charge is 0.308 e. The van der Waals surface area contributed by atoms with Crippen LogP contribution in [0.5, 0.6) is 0 Å². The molecule has 0 radical (unpaired) electrons. The molecule has 1 atom stereocenters. The van der Waals surface area contributed by atoms with Crippen LogP contribution >= 0.6 is 0 Å². The van der Waals surface area contributed by atoms with Crippen molar-refractivity contribution in [1.29, 1.82) is 5.26 Å². The van der Waals surface area contributed by atoms with Gasteiger partial charge in [0.15, 0.2) is 0 Å². The Labute approximate surface area is 116 Å². The molecule has 1 aromatic rings. The highest BCUT2D eigenvalue weighted by Crippen LogP contribution is 2.13. The van der Waals surface area contributed by atoms with Crippen molar-refractivity contribution in [3.8, 4) is 6.07 Å². The molecule has 0 aliphatic rings. The first-order valence-electron chi connectivity index (χ1n) is 6.52. The summed E-state index contributed by atoms with van der Waals surface area (Å²) in [6.45, 7) is 7.96. The molecule has 0 spiro atoms. The maximum Gasteiger partial charge on any atom is 0.308 e. The van der Waals surface area contributed by atoms with E-state index in [1.54, 1.807) is 6.07 Å². The monoisotopic (exact) mass is 261 g/mol. The molecule has 0 amide bonds. The van der Waals surface area contributed by atoms with Gasteiger partial charge in [-0.15, -0.1) is 0 Å². The molecule has 0 heterocycles. The van der Waals surface area contributed by atoms with Crippen molar-refractivity contribution < 1.29 is 9.53 Å². The number of esters is 1. The van der Waals surface area contributed by atoms with Gasteiger partial charge in [0, 0.05) is 6.92 Å². The molecule has 0 fully saturated rings. The summed E-state index contributed by atoms with van der Waals surface area (Å²) in [5, 5.41) is 7.32. The fraction of sp³-hybridized carbons (Fsp3) is 0.500. The van der Waals surface area contributed by atoms with Gasteiger partial charge >= 0.3 is 5.97 Å². The van der Waals surface area contributed by atoms with E-state index in [4.69, 9.17) is 10.00 Å². The van der Waals surface area contributed by atoms with E-state index in [-0.39, 0.29) is 11.9 Å². The molecule has 0 saturated carbocycles. The first kappa shape index (κ1) is 17.2. The zero-order valence-electron chi connectivity index (χ0n) is 12.2. The summed E-state index contributed by atoms with van der Waals surface area (Å²) in [6.07, 6.45) is 0.883.